The summed E-state index contributed by atoms with van der Waals surface area (Å²) in [5.41, 5.74) is 3.39. The van der Waals surface area contributed by atoms with Crippen LogP contribution in [-0.4, -0.2) is 24.8 Å². The van der Waals surface area contributed by atoms with Gasteiger partial charge in [-0.25, -0.2) is 9.79 Å². The maximum Gasteiger partial charge on any atom is 0.338 e. The third-order valence-electron chi connectivity index (χ3n) is 5.24. The first-order chi connectivity index (χ1) is 14.9. The zero-order valence-corrected chi connectivity index (χ0v) is 18.5. The highest BCUT2D eigenvalue weighted by Crippen LogP contribution is 2.35. The van der Waals surface area contributed by atoms with E-state index in [-0.39, 0.29) is 5.56 Å². The van der Waals surface area contributed by atoms with Crippen molar-refractivity contribution >= 4 is 23.4 Å². The second kappa shape index (κ2) is 8.35. The fourth-order valence-electron chi connectivity index (χ4n) is 3.69. The van der Waals surface area contributed by atoms with E-state index in [1.54, 1.807) is 18.6 Å². The number of allylic oxidation sites excluding steroid dienone is 1. The van der Waals surface area contributed by atoms with Gasteiger partial charge in [0.05, 0.1) is 30.0 Å². The van der Waals surface area contributed by atoms with Gasteiger partial charge in [-0.05, 0) is 31.6 Å². The largest absolute Gasteiger partial charge is 0.496 e. The third kappa shape index (κ3) is 3.72. The highest BCUT2D eigenvalue weighted by atomic mass is 32.1. The first kappa shape index (κ1) is 20.8. The molecular formula is C24H22N2O4S. The quantitative estimate of drug-likeness (QED) is 0.592. The van der Waals surface area contributed by atoms with Crippen molar-refractivity contribution in [1.82, 2.24) is 4.57 Å². The van der Waals surface area contributed by atoms with Crippen molar-refractivity contribution in [3.63, 3.8) is 0 Å². The summed E-state index contributed by atoms with van der Waals surface area (Å²) in [6.45, 7) is 3.77. The minimum atomic E-state index is -0.694. The summed E-state index contributed by atoms with van der Waals surface area (Å²) in [5, 5.41) is 0. The van der Waals surface area contributed by atoms with E-state index in [4.69, 9.17) is 9.47 Å². The summed E-state index contributed by atoms with van der Waals surface area (Å²) >= 11 is 1.30. The number of carbonyl (C=O) groups excluding carboxylic acids is 1. The van der Waals surface area contributed by atoms with Gasteiger partial charge < -0.3 is 9.47 Å². The highest BCUT2D eigenvalue weighted by Gasteiger charge is 2.34. The second-order valence-electron chi connectivity index (χ2n) is 7.23. The Labute approximate surface area is 183 Å². The number of hydrogen-bond acceptors (Lipinski definition) is 6. The average molecular weight is 435 g/mol. The SMILES string of the molecule is COC(=O)C1=C(C)N=c2s/c(=C\c3ccc(C)cc3)c(=O)n2C1c1ccccc1OC. The van der Waals surface area contributed by atoms with Crippen LogP contribution in [0, 0.1) is 6.92 Å². The van der Waals surface area contributed by atoms with Crippen molar-refractivity contribution < 1.29 is 14.3 Å². The number of para-hydroxylation sites is 1. The maximum atomic E-state index is 13.5. The summed E-state index contributed by atoms with van der Waals surface area (Å²) < 4.78 is 12.7. The molecule has 31 heavy (non-hydrogen) atoms. The van der Waals surface area contributed by atoms with Gasteiger partial charge in [-0.1, -0.05) is 59.4 Å². The minimum absolute atomic E-state index is 0.214. The first-order valence-corrected chi connectivity index (χ1v) is 10.6. The van der Waals surface area contributed by atoms with E-state index in [9.17, 15) is 9.59 Å². The van der Waals surface area contributed by atoms with Crippen LogP contribution in [0.25, 0.3) is 6.08 Å². The summed E-state index contributed by atoms with van der Waals surface area (Å²) in [4.78, 5) is 31.3. The van der Waals surface area contributed by atoms with Gasteiger partial charge in [0.15, 0.2) is 4.80 Å². The Hall–Kier alpha value is -3.45. The van der Waals surface area contributed by atoms with Gasteiger partial charge in [-0.3, -0.25) is 9.36 Å². The van der Waals surface area contributed by atoms with Crippen molar-refractivity contribution in [1.29, 1.82) is 0 Å². The monoisotopic (exact) mass is 434 g/mol. The molecule has 0 fully saturated rings. The smallest absolute Gasteiger partial charge is 0.338 e. The van der Waals surface area contributed by atoms with Crippen LogP contribution in [0.1, 0.15) is 29.7 Å². The fraction of sp³-hybridized carbons (Fsp3) is 0.208. The number of aryl methyl sites for hydroxylation is 1. The van der Waals surface area contributed by atoms with E-state index < -0.39 is 12.0 Å². The molecule has 1 aromatic heterocycles. The van der Waals surface area contributed by atoms with Gasteiger partial charge in [-0.15, -0.1) is 0 Å². The van der Waals surface area contributed by atoms with Crippen LogP contribution < -0.4 is 19.6 Å². The van der Waals surface area contributed by atoms with Crippen LogP contribution in [0.5, 0.6) is 5.75 Å². The molecule has 0 saturated carbocycles. The summed E-state index contributed by atoms with van der Waals surface area (Å²) in [6.07, 6.45) is 1.85. The van der Waals surface area contributed by atoms with Gasteiger partial charge in [0.25, 0.3) is 5.56 Å². The van der Waals surface area contributed by atoms with Gasteiger partial charge in [0.2, 0.25) is 0 Å². The van der Waals surface area contributed by atoms with Gasteiger partial charge >= 0.3 is 5.97 Å². The Morgan fingerprint density at radius 1 is 1.10 bits per heavy atom. The highest BCUT2D eigenvalue weighted by molar-refractivity contribution is 7.07. The number of ether oxygens (including phenoxy) is 2. The molecule has 1 atom stereocenters. The lowest BCUT2D eigenvalue weighted by molar-refractivity contribution is -0.136. The summed E-state index contributed by atoms with van der Waals surface area (Å²) in [6, 6.07) is 14.6. The van der Waals surface area contributed by atoms with Crippen LogP contribution in [0.15, 0.2) is 69.6 Å². The fourth-order valence-corrected chi connectivity index (χ4v) is 4.74. The summed E-state index contributed by atoms with van der Waals surface area (Å²) in [7, 11) is 2.89. The van der Waals surface area contributed by atoms with Gasteiger partial charge in [-0.2, -0.15) is 0 Å². The zero-order chi connectivity index (χ0) is 22.1. The van der Waals surface area contributed by atoms with Crippen molar-refractivity contribution in [2.24, 2.45) is 4.99 Å². The van der Waals surface area contributed by atoms with Crippen molar-refractivity contribution in [2.45, 2.75) is 19.9 Å². The van der Waals surface area contributed by atoms with E-state index in [0.717, 1.165) is 11.1 Å². The standard InChI is InChI=1S/C24H22N2O4S/c1-14-9-11-16(12-10-14)13-19-22(27)26-21(17-7-5-6-8-18(17)29-3)20(23(28)30-4)15(2)25-24(26)31-19/h5-13,21H,1-4H3/b19-13-. The first-order valence-electron chi connectivity index (χ1n) is 9.75. The topological polar surface area (TPSA) is 69.9 Å². The molecule has 1 aliphatic rings. The molecule has 6 nitrogen and oxygen atoms in total. The number of thiazole rings is 1. The van der Waals surface area contributed by atoms with Crippen LogP contribution in [0.2, 0.25) is 0 Å². The second-order valence-corrected chi connectivity index (χ2v) is 8.24. The van der Waals surface area contributed by atoms with Gasteiger partial charge in [0.1, 0.15) is 11.8 Å². The number of benzene rings is 2. The van der Waals surface area contributed by atoms with E-state index in [0.29, 0.717) is 31.9 Å². The molecule has 7 heteroatoms. The molecule has 2 aromatic carbocycles. The van der Waals surface area contributed by atoms with E-state index >= 15 is 0 Å². The van der Waals surface area contributed by atoms with Crippen molar-refractivity contribution in [3.8, 4) is 5.75 Å². The normalized spacial score (nSPS) is 16.0. The molecular weight excluding hydrogens is 412 g/mol. The number of esters is 1. The molecule has 1 unspecified atom stereocenters. The predicted molar refractivity (Wildman–Crippen MR) is 120 cm³/mol. The van der Waals surface area contributed by atoms with Crippen LogP contribution in [0.4, 0.5) is 0 Å². The number of carbonyl (C=O) groups is 1. The van der Waals surface area contributed by atoms with E-state index in [1.807, 2.05) is 61.5 Å². The molecule has 0 bridgehead atoms. The number of nitrogens with zero attached hydrogens (tertiary/aromatic N) is 2. The molecule has 0 saturated heterocycles. The van der Waals surface area contributed by atoms with Crippen LogP contribution >= 0.6 is 11.3 Å². The van der Waals surface area contributed by atoms with Gasteiger partial charge in [0, 0.05) is 5.56 Å². The lowest BCUT2D eigenvalue weighted by Gasteiger charge is -2.25. The molecule has 3 aromatic rings. The Kier molecular flexibility index (Phi) is 5.61. The maximum absolute atomic E-state index is 13.5. The molecule has 0 aliphatic carbocycles. The molecule has 4 rings (SSSR count). The predicted octanol–water partition coefficient (Wildman–Crippen LogP) is 2.73. The average Bonchev–Trinajstić information content (AvgIpc) is 3.08. The van der Waals surface area contributed by atoms with Crippen LogP contribution in [-0.2, 0) is 9.53 Å². The minimum Gasteiger partial charge on any atom is -0.496 e. The lowest BCUT2D eigenvalue weighted by atomic mass is 9.95. The molecule has 2 heterocycles. The Balaban J connectivity index is 2.00. The molecule has 0 radical (unpaired) electrons. The summed E-state index contributed by atoms with van der Waals surface area (Å²) in [5.74, 6) is 0.0571. The van der Waals surface area contributed by atoms with E-state index in [2.05, 4.69) is 4.99 Å². The van der Waals surface area contributed by atoms with Crippen molar-refractivity contribution in [3.05, 3.63) is 96.2 Å². The molecule has 0 amide bonds. The molecule has 1 aliphatic heterocycles. The Morgan fingerprint density at radius 3 is 2.48 bits per heavy atom. The number of rotatable bonds is 4. The van der Waals surface area contributed by atoms with Crippen molar-refractivity contribution in [2.75, 3.05) is 14.2 Å². The number of methoxy groups -OCH3 is 2. The molecule has 158 valence electrons. The molecule has 0 N–H and O–H groups in total. The Morgan fingerprint density at radius 2 is 1.81 bits per heavy atom. The number of fused-ring (bicyclic) bond motifs is 1. The Bertz CT molecular complexity index is 1360. The lowest BCUT2D eigenvalue weighted by Crippen LogP contribution is -2.39. The zero-order valence-electron chi connectivity index (χ0n) is 17.7. The van der Waals surface area contributed by atoms with E-state index in [1.165, 1.54) is 18.4 Å². The third-order valence-corrected chi connectivity index (χ3v) is 6.22. The number of aromatic nitrogens is 1. The number of hydrogen-bond donors (Lipinski definition) is 0. The molecule has 0 spiro atoms. The van der Waals surface area contributed by atoms with Crippen LogP contribution in [0.3, 0.4) is 0 Å².